The average Bonchev–Trinajstić information content (AvgIpc) is 2.34. The molecule has 0 aliphatic heterocycles. The zero-order valence-electron chi connectivity index (χ0n) is 5.01. The summed E-state index contributed by atoms with van der Waals surface area (Å²) >= 11 is 10.7. The maximum absolute atomic E-state index is 5.36. The molecule has 10 heavy (non-hydrogen) atoms. The van der Waals surface area contributed by atoms with Gasteiger partial charge >= 0.3 is 0 Å². The van der Waals surface area contributed by atoms with E-state index in [0.717, 1.165) is 5.82 Å². The fourth-order valence-corrected chi connectivity index (χ4v) is 0.657. The summed E-state index contributed by atoms with van der Waals surface area (Å²) in [6.45, 7) is 0. The van der Waals surface area contributed by atoms with Crippen LogP contribution in [0.15, 0.2) is 16.9 Å². The molecule has 3 nitrogen and oxygen atoms in total. The first-order valence-corrected chi connectivity index (χ1v) is 3.40. The highest BCUT2D eigenvalue weighted by atomic mass is 35.5. The van der Waals surface area contributed by atoms with Gasteiger partial charge < -0.3 is 0 Å². The normalized spacial score (nSPS) is 9.40. The lowest BCUT2D eigenvalue weighted by molar-refractivity contribution is 0.991. The molecule has 0 atom stereocenters. The van der Waals surface area contributed by atoms with Crippen molar-refractivity contribution < 1.29 is 0 Å². The Bertz CT molecular complexity index is 213. The molecule has 1 aromatic heterocycles. The standard InChI is InChI=1S/C5H5Cl2N3/c6-4(7)1-2-5-8-3-9-10-5/h1,3H,2H2,(H,8,9,10). The minimum atomic E-state index is 0.247. The van der Waals surface area contributed by atoms with E-state index < -0.39 is 0 Å². The zero-order chi connectivity index (χ0) is 7.40. The number of rotatable bonds is 2. The molecular formula is C5H5Cl2N3. The van der Waals surface area contributed by atoms with Crippen LogP contribution in [0.3, 0.4) is 0 Å². The first kappa shape index (κ1) is 7.57. The number of aromatic nitrogens is 3. The smallest absolute Gasteiger partial charge is 0.137 e. The second-order valence-electron chi connectivity index (χ2n) is 1.63. The molecule has 0 aromatic carbocycles. The van der Waals surface area contributed by atoms with Crippen molar-refractivity contribution in [1.29, 1.82) is 0 Å². The van der Waals surface area contributed by atoms with Crippen LogP contribution in [0.4, 0.5) is 0 Å². The van der Waals surface area contributed by atoms with Crippen molar-refractivity contribution in [3.63, 3.8) is 0 Å². The van der Waals surface area contributed by atoms with Gasteiger partial charge in [-0.1, -0.05) is 23.2 Å². The highest BCUT2D eigenvalue weighted by molar-refractivity contribution is 6.55. The van der Waals surface area contributed by atoms with Crippen molar-refractivity contribution in [2.75, 3.05) is 0 Å². The van der Waals surface area contributed by atoms with Gasteiger partial charge in [-0.15, -0.1) is 0 Å². The van der Waals surface area contributed by atoms with Crippen molar-refractivity contribution in [2.45, 2.75) is 6.42 Å². The zero-order valence-corrected chi connectivity index (χ0v) is 6.52. The molecule has 0 radical (unpaired) electrons. The molecule has 0 saturated heterocycles. The van der Waals surface area contributed by atoms with Crippen LogP contribution in [0.2, 0.25) is 0 Å². The van der Waals surface area contributed by atoms with E-state index >= 15 is 0 Å². The number of aromatic amines is 1. The Morgan fingerprint density at radius 3 is 3.00 bits per heavy atom. The monoisotopic (exact) mass is 177 g/mol. The molecule has 1 rings (SSSR count). The fraction of sp³-hybridized carbons (Fsp3) is 0.200. The molecule has 1 N–H and O–H groups in total. The predicted molar refractivity (Wildman–Crippen MR) is 39.9 cm³/mol. The second kappa shape index (κ2) is 3.58. The molecule has 0 saturated carbocycles. The number of hydrogen-bond acceptors (Lipinski definition) is 2. The largest absolute Gasteiger partial charge is 0.263 e. The van der Waals surface area contributed by atoms with Gasteiger partial charge in [0, 0.05) is 6.42 Å². The van der Waals surface area contributed by atoms with Gasteiger partial charge in [0.25, 0.3) is 0 Å². The molecule has 0 spiro atoms. The first-order chi connectivity index (χ1) is 4.79. The van der Waals surface area contributed by atoms with Crippen molar-refractivity contribution in [1.82, 2.24) is 15.2 Å². The van der Waals surface area contributed by atoms with E-state index in [1.54, 1.807) is 6.08 Å². The van der Waals surface area contributed by atoms with Gasteiger partial charge in [-0.2, -0.15) is 5.10 Å². The quantitative estimate of drug-likeness (QED) is 0.748. The molecule has 1 aromatic rings. The van der Waals surface area contributed by atoms with Crippen LogP contribution < -0.4 is 0 Å². The summed E-state index contributed by atoms with van der Waals surface area (Å²) in [6, 6.07) is 0. The molecule has 0 unspecified atom stereocenters. The molecule has 0 aliphatic carbocycles. The summed E-state index contributed by atoms with van der Waals surface area (Å²) in [4.78, 5) is 3.86. The maximum Gasteiger partial charge on any atom is 0.137 e. The topological polar surface area (TPSA) is 41.6 Å². The molecule has 0 aliphatic rings. The molecule has 5 heteroatoms. The molecular weight excluding hydrogens is 173 g/mol. The van der Waals surface area contributed by atoms with Crippen LogP contribution in [0.25, 0.3) is 0 Å². The Kier molecular flexibility index (Phi) is 2.71. The molecule has 0 amide bonds. The number of H-pyrrole nitrogens is 1. The van der Waals surface area contributed by atoms with Crippen molar-refractivity contribution in [2.24, 2.45) is 0 Å². The Morgan fingerprint density at radius 2 is 2.50 bits per heavy atom. The summed E-state index contributed by atoms with van der Waals surface area (Å²) in [7, 11) is 0. The molecule has 0 fully saturated rings. The van der Waals surface area contributed by atoms with Crippen LogP contribution in [-0.4, -0.2) is 15.2 Å². The van der Waals surface area contributed by atoms with Gasteiger partial charge in [0.15, 0.2) is 0 Å². The maximum atomic E-state index is 5.36. The summed E-state index contributed by atoms with van der Waals surface area (Å²) in [6.07, 6.45) is 3.66. The highest BCUT2D eigenvalue weighted by Crippen LogP contribution is 2.06. The Hall–Kier alpha value is -0.540. The Balaban J connectivity index is 2.49. The van der Waals surface area contributed by atoms with E-state index in [1.807, 2.05) is 0 Å². The third-order valence-corrected chi connectivity index (χ3v) is 1.22. The Labute approximate surface area is 68.1 Å². The van der Waals surface area contributed by atoms with Gasteiger partial charge in [0.1, 0.15) is 16.6 Å². The van der Waals surface area contributed by atoms with Gasteiger partial charge in [-0.25, -0.2) is 4.98 Å². The lowest BCUT2D eigenvalue weighted by Gasteiger charge is -1.84. The second-order valence-corrected chi connectivity index (χ2v) is 2.64. The minimum Gasteiger partial charge on any atom is -0.263 e. The van der Waals surface area contributed by atoms with E-state index in [-0.39, 0.29) is 4.49 Å². The van der Waals surface area contributed by atoms with E-state index in [9.17, 15) is 0 Å². The first-order valence-electron chi connectivity index (χ1n) is 2.64. The minimum absolute atomic E-state index is 0.247. The van der Waals surface area contributed by atoms with Gasteiger partial charge in [0.05, 0.1) is 0 Å². The van der Waals surface area contributed by atoms with E-state index in [0.29, 0.717) is 6.42 Å². The summed E-state index contributed by atoms with van der Waals surface area (Å²) in [5.41, 5.74) is 0. The number of hydrogen-bond donors (Lipinski definition) is 1. The number of halogens is 2. The summed E-state index contributed by atoms with van der Waals surface area (Å²) < 4.78 is 0.247. The highest BCUT2D eigenvalue weighted by Gasteiger charge is 1.91. The average molecular weight is 178 g/mol. The summed E-state index contributed by atoms with van der Waals surface area (Å²) in [5.74, 6) is 0.749. The van der Waals surface area contributed by atoms with Crippen molar-refractivity contribution in [3.8, 4) is 0 Å². The molecule has 1 heterocycles. The van der Waals surface area contributed by atoms with Crippen molar-refractivity contribution >= 4 is 23.2 Å². The van der Waals surface area contributed by atoms with Gasteiger partial charge in [-0.05, 0) is 6.08 Å². The van der Waals surface area contributed by atoms with Crippen LogP contribution in [0.1, 0.15) is 5.82 Å². The molecule has 0 bridgehead atoms. The van der Waals surface area contributed by atoms with E-state index in [1.165, 1.54) is 6.33 Å². The van der Waals surface area contributed by atoms with Crippen LogP contribution in [0.5, 0.6) is 0 Å². The third-order valence-electron chi connectivity index (χ3n) is 0.915. The summed E-state index contributed by atoms with van der Waals surface area (Å²) in [5, 5.41) is 6.32. The number of nitrogens with zero attached hydrogens (tertiary/aromatic N) is 2. The molecule has 54 valence electrons. The SMILES string of the molecule is ClC(Cl)=CCc1ncn[nH]1. The van der Waals surface area contributed by atoms with Crippen LogP contribution >= 0.6 is 23.2 Å². The van der Waals surface area contributed by atoms with Crippen molar-refractivity contribution in [3.05, 3.63) is 22.7 Å². The van der Waals surface area contributed by atoms with Gasteiger partial charge in [0.2, 0.25) is 0 Å². The fourth-order valence-electron chi connectivity index (χ4n) is 0.503. The lowest BCUT2D eigenvalue weighted by Crippen LogP contribution is -1.83. The lowest BCUT2D eigenvalue weighted by atomic mass is 10.4. The van der Waals surface area contributed by atoms with Crippen LogP contribution in [0, 0.1) is 0 Å². The van der Waals surface area contributed by atoms with E-state index in [2.05, 4.69) is 15.2 Å². The van der Waals surface area contributed by atoms with Crippen LogP contribution in [-0.2, 0) is 6.42 Å². The Morgan fingerprint density at radius 1 is 1.70 bits per heavy atom. The predicted octanol–water partition coefficient (Wildman–Crippen LogP) is 1.67. The number of allylic oxidation sites excluding steroid dienone is 1. The van der Waals surface area contributed by atoms with Gasteiger partial charge in [-0.3, -0.25) is 5.10 Å². The van der Waals surface area contributed by atoms with E-state index in [4.69, 9.17) is 23.2 Å². The third kappa shape index (κ3) is 2.37. The number of nitrogens with one attached hydrogen (secondary N) is 1.